The average molecular weight is 449 g/mol. The van der Waals surface area contributed by atoms with Crippen LogP contribution in [0, 0.1) is 13.8 Å². The molecule has 1 atom stereocenters. The van der Waals surface area contributed by atoms with Crippen molar-refractivity contribution in [3.8, 4) is 0 Å². The van der Waals surface area contributed by atoms with Crippen LogP contribution >= 0.6 is 0 Å². The smallest absolute Gasteiger partial charge is 0.163 e. The number of anilines is 1. The minimum Gasteiger partial charge on any atom is -0.369 e. The van der Waals surface area contributed by atoms with E-state index < -0.39 is 9.84 Å². The van der Waals surface area contributed by atoms with Crippen LogP contribution < -0.4 is 4.90 Å². The Morgan fingerprint density at radius 1 is 1.00 bits per heavy atom. The van der Waals surface area contributed by atoms with Crippen molar-refractivity contribution in [3.63, 3.8) is 0 Å². The molecular weight excluding hydrogens is 420 g/mol. The molecule has 0 aliphatic carbocycles. The van der Waals surface area contributed by atoms with Crippen molar-refractivity contribution in [1.82, 2.24) is 4.98 Å². The molecule has 2 heterocycles. The fraction of sp³-hybridized carbons (Fsp3) is 0.308. The largest absolute Gasteiger partial charge is 0.369 e. The van der Waals surface area contributed by atoms with Crippen LogP contribution in [0.2, 0.25) is 0 Å². The number of benzene rings is 2. The van der Waals surface area contributed by atoms with Crippen LogP contribution in [0.25, 0.3) is 0 Å². The SMILES string of the molecule is Cc1cc(C(=O)C[C@H](c2ccc(N3CCS(=O)(=O)CC3)cc2)c2ccccc2C)ccn1. The molecule has 1 aliphatic heterocycles. The Kier molecular flexibility index (Phi) is 6.42. The van der Waals surface area contributed by atoms with Crippen LogP contribution in [-0.2, 0) is 9.84 Å². The summed E-state index contributed by atoms with van der Waals surface area (Å²) in [4.78, 5) is 19.5. The zero-order valence-corrected chi connectivity index (χ0v) is 19.3. The van der Waals surface area contributed by atoms with Crippen LogP contribution in [0.1, 0.15) is 45.1 Å². The first-order chi connectivity index (χ1) is 15.3. The van der Waals surface area contributed by atoms with Gasteiger partial charge in [0.25, 0.3) is 0 Å². The van der Waals surface area contributed by atoms with E-state index in [1.54, 1.807) is 12.3 Å². The first kappa shape index (κ1) is 22.2. The Labute approximate surface area is 190 Å². The highest BCUT2D eigenvalue weighted by atomic mass is 32.2. The van der Waals surface area contributed by atoms with Gasteiger partial charge in [-0.15, -0.1) is 0 Å². The topological polar surface area (TPSA) is 67.3 Å². The third-order valence-corrected chi connectivity index (χ3v) is 7.79. The number of carbonyl (C=O) groups excluding carboxylic acids is 1. The van der Waals surface area contributed by atoms with Crippen LogP contribution in [0.3, 0.4) is 0 Å². The number of Topliss-reactive ketones (excluding diaryl/α,β-unsaturated/α-hetero) is 1. The molecule has 2 aromatic carbocycles. The molecule has 0 N–H and O–H groups in total. The molecule has 0 amide bonds. The van der Waals surface area contributed by atoms with Gasteiger partial charge in [-0.25, -0.2) is 8.42 Å². The van der Waals surface area contributed by atoms with Crippen LogP contribution in [0.15, 0.2) is 66.9 Å². The van der Waals surface area contributed by atoms with Crippen LogP contribution in [0.4, 0.5) is 5.69 Å². The molecule has 4 rings (SSSR count). The molecule has 0 radical (unpaired) electrons. The molecule has 5 nitrogen and oxygen atoms in total. The van der Waals surface area contributed by atoms with E-state index in [9.17, 15) is 13.2 Å². The molecule has 1 saturated heterocycles. The summed E-state index contributed by atoms with van der Waals surface area (Å²) in [6.45, 7) is 5.00. The first-order valence-electron chi connectivity index (χ1n) is 10.9. The quantitative estimate of drug-likeness (QED) is 0.525. The van der Waals surface area contributed by atoms with Gasteiger partial charge in [0, 0.05) is 48.6 Å². The van der Waals surface area contributed by atoms with Gasteiger partial charge in [-0.05, 0) is 54.8 Å². The highest BCUT2D eigenvalue weighted by molar-refractivity contribution is 7.91. The van der Waals surface area contributed by atoms with E-state index in [4.69, 9.17) is 0 Å². The molecule has 3 aromatic rings. The molecule has 0 bridgehead atoms. The van der Waals surface area contributed by atoms with Crippen molar-refractivity contribution in [3.05, 3.63) is 94.8 Å². The summed E-state index contributed by atoms with van der Waals surface area (Å²) in [6, 6.07) is 20.0. The lowest BCUT2D eigenvalue weighted by molar-refractivity contribution is 0.0977. The number of hydrogen-bond acceptors (Lipinski definition) is 5. The fourth-order valence-corrected chi connectivity index (χ4v) is 5.50. The summed E-state index contributed by atoms with van der Waals surface area (Å²) in [7, 11) is -2.91. The predicted molar refractivity (Wildman–Crippen MR) is 128 cm³/mol. The number of rotatable bonds is 6. The molecule has 6 heteroatoms. The Morgan fingerprint density at radius 2 is 1.69 bits per heavy atom. The van der Waals surface area contributed by atoms with Gasteiger partial charge >= 0.3 is 0 Å². The second-order valence-corrected chi connectivity index (χ2v) is 10.8. The number of pyridine rings is 1. The lowest BCUT2D eigenvalue weighted by atomic mass is 9.83. The average Bonchev–Trinajstić information content (AvgIpc) is 2.78. The van der Waals surface area contributed by atoms with E-state index in [0.29, 0.717) is 25.1 Å². The van der Waals surface area contributed by atoms with Gasteiger partial charge in [0.05, 0.1) is 11.5 Å². The zero-order chi connectivity index (χ0) is 22.7. The number of aromatic nitrogens is 1. The van der Waals surface area contributed by atoms with Crippen molar-refractivity contribution in [1.29, 1.82) is 0 Å². The van der Waals surface area contributed by atoms with Gasteiger partial charge < -0.3 is 4.90 Å². The Bertz CT molecular complexity index is 1210. The maximum Gasteiger partial charge on any atom is 0.163 e. The van der Waals surface area contributed by atoms with Gasteiger partial charge in [0.2, 0.25) is 0 Å². The molecule has 1 aromatic heterocycles. The van der Waals surface area contributed by atoms with Crippen molar-refractivity contribution >= 4 is 21.3 Å². The Hall–Kier alpha value is -2.99. The first-order valence-corrected chi connectivity index (χ1v) is 12.7. The lowest BCUT2D eigenvalue weighted by Gasteiger charge is -2.29. The maximum absolute atomic E-state index is 13.1. The van der Waals surface area contributed by atoms with E-state index >= 15 is 0 Å². The Balaban J connectivity index is 1.62. The number of carbonyl (C=O) groups is 1. The maximum atomic E-state index is 13.1. The van der Waals surface area contributed by atoms with Crippen molar-refractivity contribution in [2.45, 2.75) is 26.2 Å². The predicted octanol–water partition coefficient (Wildman–Crippen LogP) is 4.34. The van der Waals surface area contributed by atoms with Crippen LogP contribution in [0.5, 0.6) is 0 Å². The third kappa shape index (κ3) is 5.07. The summed E-state index contributed by atoms with van der Waals surface area (Å²) >= 11 is 0. The fourth-order valence-electron chi connectivity index (χ4n) is 4.30. The molecule has 32 heavy (non-hydrogen) atoms. The van der Waals surface area contributed by atoms with Gasteiger partial charge in [-0.1, -0.05) is 36.4 Å². The number of hydrogen-bond donors (Lipinski definition) is 0. The summed E-state index contributed by atoms with van der Waals surface area (Å²) < 4.78 is 23.5. The van der Waals surface area contributed by atoms with Gasteiger partial charge in [0.15, 0.2) is 15.6 Å². The van der Waals surface area contributed by atoms with Crippen molar-refractivity contribution < 1.29 is 13.2 Å². The van der Waals surface area contributed by atoms with Gasteiger partial charge in [-0.3, -0.25) is 9.78 Å². The minimum absolute atomic E-state index is 0.0621. The molecule has 1 aliphatic rings. The van der Waals surface area contributed by atoms with Crippen molar-refractivity contribution in [2.24, 2.45) is 0 Å². The molecule has 0 unspecified atom stereocenters. The number of ketones is 1. The molecule has 166 valence electrons. The van der Waals surface area contributed by atoms with E-state index in [0.717, 1.165) is 28.1 Å². The summed E-state index contributed by atoms with van der Waals surface area (Å²) in [6.07, 6.45) is 2.05. The summed E-state index contributed by atoms with van der Waals surface area (Å²) in [5, 5.41) is 0. The van der Waals surface area contributed by atoms with E-state index in [-0.39, 0.29) is 23.2 Å². The highest BCUT2D eigenvalue weighted by Crippen LogP contribution is 2.33. The monoisotopic (exact) mass is 448 g/mol. The second kappa shape index (κ2) is 9.25. The number of aryl methyl sites for hydroxylation is 2. The second-order valence-electron chi connectivity index (χ2n) is 8.45. The Morgan fingerprint density at radius 3 is 2.34 bits per heavy atom. The number of nitrogens with zero attached hydrogens (tertiary/aromatic N) is 2. The zero-order valence-electron chi connectivity index (χ0n) is 18.5. The van der Waals surface area contributed by atoms with Crippen LogP contribution in [-0.4, -0.2) is 43.8 Å². The summed E-state index contributed by atoms with van der Waals surface area (Å²) in [5.41, 5.74) is 5.90. The minimum atomic E-state index is -2.91. The standard InChI is InChI=1S/C26H28N2O3S/c1-19-5-3-4-6-24(19)25(18-26(29)22-11-12-27-20(2)17-22)21-7-9-23(10-8-21)28-13-15-32(30,31)16-14-28/h3-12,17,25H,13-16,18H2,1-2H3/t25-/m1/s1. The normalized spacial score (nSPS) is 16.5. The summed E-state index contributed by atoms with van der Waals surface area (Å²) in [5.74, 6) is 0.419. The van der Waals surface area contributed by atoms with E-state index in [1.807, 2.05) is 37.3 Å². The van der Waals surface area contributed by atoms with Gasteiger partial charge in [-0.2, -0.15) is 0 Å². The highest BCUT2D eigenvalue weighted by Gasteiger charge is 2.24. The third-order valence-electron chi connectivity index (χ3n) is 6.18. The molecule has 0 spiro atoms. The lowest BCUT2D eigenvalue weighted by Crippen LogP contribution is -2.40. The van der Waals surface area contributed by atoms with Gasteiger partial charge in [0.1, 0.15) is 0 Å². The number of sulfone groups is 1. The van der Waals surface area contributed by atoms with Crippen molar-refractivity contribution in [2.75, 3.05) is 29.5 Å². The van der Waals surface area contributed by atoms with E-state index in [2.05, 4.69) is 41.1 Å². The van der Waals surface area contributed by atoms with E-state index in [1.165, 1.54) is 0 Å². The molecule has 1 fully saturated rings. The molecular formula is C26H28N2O3S. The molecule has 0 saturated carbocycles.